The average molecular weight is 283 g/mol. The average Bonchev–Trinajstić information content (AvgIpc) is 2.38. The lowest BCUT2D eigenvalue weighted by Gasteiger charge is -2.17. The topological polar surface area (TPSA) is 81.7 Å². The van der Waals surface area contributed by atoms with Gasteiger partial charge in [0.1, 0.15) is 12.3 Å². The van der Waals surface area contributed by atoms with Gasteiger partial charge < -0.3 is 9.47 Å². The third-order valence-corrected chi connectivity index (χ3v) is 3.93. The van der Waals surface area contributed by atoms with E-state index in [0.29, 0.717) is 5.56 Å². The Morgan fingerprint density at radius 3 is 2.74 bits per heavy atom. The van der Waals surface area contributed by atoms with E-state index >= 15 is 0 Å². The van der Waals surface area contributed by atoms with Gasteiger partial charge in [0, 0.05) is 7.11 Å². The summed E-state index contributed by atoms with van der Waals surface area (Å²) in [5.41, 5.74) is 0.356. The predicted octanol–water partition coefficient (Wildman–Crippen LogP) is 0.509. The minimum absolute atomic E-state index is 0.0655. The minimum atomic E-state index is -3.72. The van der Waals surface area contributed by atoms with Crippen molar-refractivity contribution in [3.8, 4) is 0 Å². The van der Waals surface area contributed by atoms with Crippen LogP contribution in [0.4, 0.5) is 0 Å². The van der Waals surface area contributed by atoms with Crippen LogP contribution in [0.5, 0.6) is 0 Å². The van der Waals surface area contributed by atoms with Gasteiger partial charge >= 0.3 is 5.97 Å². The van der Waals surface area contributed by atoms with Crippen LogP contribution in [0.1, 0.15) is 5.56 Å². The van der Waals surface area contributed by atoms with E-state index in [9.17, 15) is 13.2 Å². The molecule has 0 spiro atoms. The van der Waals surface area contributed by atoms with Crippen LogP contribution >= 0.6 is 0 Å². The molecule has 7 heteroatoms. The minimum Gasteiger partial charge on any atom is -0.459 e. The molecule has 0 aromatic heterocycles. The molecule has 0 saturated carbocycles. The molecule has 0 aliphatic carbocycles. The van der Waals surface area contributed by atoms with E-state index in [1.165, 1.54) is 19.3 Å². The molecule has 1 heterocycles. The Labute approximate surface area is 111 Å². The molecule has 102 valence electrons. The van der Waals surface area contributed by atoms with E-state index < -0.39 is 16.0 Å². The Bertz CT molecular complexity index is 621. The van der Waals surface area contributed by atoms with E-state index in [-0.39, 0.29) is 23.8 Å². The van der Waals surface area contributed by atoms with Gasteiger partial charge in [0.05, 0.1) is 11.5 Å². The number of esters is 1. The van der Waals surface area contributed by atoms with Gasteiger partial charge in [0.15, 0.2) is 0 Å². The maximum atomic E-state index is 11.9. The van der Waals surface area contributed by atoms with Crippen molar-refractivity contribution in [1.29, 1.82) is 0 Å². The largest absolute Gasteiger partial charge is 0.459 e. The molecule has 0 unspecified atom stereocenters. The molecule has 1 N–H and O–H groups in total. The van der Waals surface area contributed by atoms with Crippen molar-refractivity contribution in [2.24, 2.45) is 0 Å². The summed E-state index contributed by atoms with van der Waals surface area (Å²) in [7, 11) is -2.24. The molecule has 0 fully saturated rings. The smallest absolute Gasteiger partial charge is 0.355 e. The van der Waals surface area contributed by atoms with Crippen molar-refractivity contribution in [3.63, 3.8) is 0 Å². The molecule has 0 radical (unpaired) electrons. The first-order valence-corrected chi connectivity index (χ1v) is 7.02. The van der Waals surface area contributed by atoms with Gasteiger partial charge in [0.25, 0.3) is 10.0 Å². The maximum absolute atomic E-state index is 11.9. The SMILES string of the molecule is COCCOC(=O)C1=Cc2ccccc2S(=O)(=O)N1. The van der Waals surface area contributed by atoms with Crippen LogP contribution in [0, 0.1) is 0 Å². The van der Waals surface area contributed by atoms with Crippen LogP contribution in [0.25, 0.3) is 6.08 Å². The highest BCUT2D eigenvalue weighted by Crippen LogP contribution is 2.23. The molecule has 2 rings (SSSR count). The maximum Gasteiger partial charge on any atom is 0.355 e. The fourth-order valence-corrected chi connectivity index (χ4v) is 2.86. The van der Waals surface area contributed by atoms with E-state index in [1.54, 1.807) is 18.2 Å². The number of ether oxygens (including phenoxy) is 2. The quantitative estimate of drug-likeness (QED) is 0.643. The summed E-state index contributed by atoms with van der Waals surface area (Å²) in [6.07, 6.45) is 1.45. The summed E-state index contributed by atoms with van der Waals surface area (Å²) in [4.78, 5) is 11.8. The van der Waals surface area contributed by atoms with Gasteiger partial charge in [-0.1, -0.05) is 18.2 Å². The Morgan fingerprint density at radius 2 is 2.00 bits per heavy atom. The van der Waals surface area contributed by atoms with E-state index in [1.807, 2.05) is 0 Å². The zero-order valence-electron chi connectivity index (χ0n) is 10.3. The number of fused-ring (bicyclic) bond motifs is 1. The van der Waals surface area contributed by atoms with Gasteiger partial charge in [-0.3, -0.25) is 4.72 Å². The highest BCUT2D eigenvalue weighted by molar-refractivity contribution is 7.89. The third-order valence-electron chi connectivity index (χ3n) is 2.49. The molecule has 0 atom stereocenters. The number of carbonyl (C=O) groups is 1. The lowest BCUT2D eigenvalue weighted by atomic mass is 10.2. The normalized spacial score (nSPS) is 15.9. The predicted molar refractivity (Wildman–Crippen MR) is 67.6 cm³/mol. The van der Waals surface area contributed by atoms with Crippen LogP contribution in [0.3, 0.4) is 0 Å². The summed E-state index contributed by atoms with van der Waals surface area (Å²) in [5, 5.41) is 0. The van der Waals surface area contributed by atoms with Gasteiger partial charge in [-0.2, -0.15) is 0 Å². The highest BCUT2D eigenvalue weighted by Gasteiger charge is 2.27. The molecular formula is C12H13NO5S. The summed E-state index contributed by atoms with van der Waals surface area (Å²) in [5.74, 6) is -0.727. The zero-order valence-corrected chi connectivity index (χ0v) is 11.1. The van der Waals surface area contributed by atoms with Gasteiger partial charge in [-0.05, 0) is 17.7 Å². The van der Waals surface area contributed by atoms with Gasteiger partial charge in [-0.25, -0.2) is 13.2 Å². The molecule has 1 aliphatic rings. The van der Waals surface area contributed by atoms with Crippen molar-refractivity contribution < 1.29 is 22.7 Å². The molecule has 6 nitrogen and oxygen atoms in total. The van der Waals surface area contributed by atoms with Crippen molar-refractivity contribution in [2.45, 2.75) is 4.90 Å². The van der Waals surface area contributed by atoms with Gasteiger partial charge in [0.2, 0.25) is 0 Å². The number of hydrogen-bond acceptors (Lipinski definition) is 5. The Balaban J connectivity index is 2.26. The second-order valence-electron chi connectivity index (χ2n) is 3.83. The number of nitrogens with one attached hydrogen (secondary N) is 1. The summed E-state index contributed by atoms with van der Waals surface area (Å²) in [6, 6.07) is 6.41. The first kappa shape index (κ1) is 13.6. The number of benzene rings is 1. The first-order valence-electron chi connectivity index (χ1n) is 5.54. The van der Waals surface area contributed by atoms with E-state index in [4.69, 9.17) is 9.47 Å². The number of sulfonamides is 1. The van der Waals surface area contributed by atoms with E-state index in [2.05, 4.69) is 4.72 Å². The Hall–Kier alpha value is -1.86. The van der Waals surface area contributed by atoms with Gasteiger partial charge in [-0.15, -0.1) is 0 Å². The number of rotatable bonds is 4. The van der Waals surface area contributed by atoms with Crippen molar-refractivity contribution in [2.75, 3.05) is 20.3 Å². The lowest BCUT2D eigenvalue weighted by molar-refractivity contribution is -0.140. The number of hydrogen-bond donors (Lipinski definition) is 1. The van der Waals surface area contributed by atoms with Crippen LogP contribution in [-0.2, 0) is 24.3 Å². The fraction of sp³-hybridized carbons (Fsp3) is 0.250. The molecule has 0 saturated heterocycles. The summed E-state index contributed by atoms with van der Waals surface area (Å²) >= 11 is 0. The standard InChI is InChI=1S/C12H13NO5S/c1-17-6-7-18-12(14)10-8-9-4-2-3-5-11(9)19(15,16)13-10/h2-5,8,13H,6-7H2,1H3. The fourth-order valence-electron chi connectivity index (χ4n) is 1.63. The van der Waals surface area contributed by atoms with Crippen molar-refractivity contribution in [1.82, 2.24) is 4.72 Å². The van der Waals surface area contributed by atoms with Crippen LogP contribution in [-0.4, -0.2) is 34.7 Å². The number of methoxy groups -OCH3 is 1. The molecule has 0 bridgehead atoms. The molecular weight excluding hydrogens is 270 g/mol. The third kappa shape index (κ3) is 2.94. The van der Waals surface area contributed by atoms with Crippen molar-refractivity contribution >= 4 is 22.1 Å². The second kappa shape index (κ2) is 5.41. The first-order chi connectivity index (χ1) is 9.04. The second-order valence-corrected chi connectivity index (χ2v) is 5.48. The summed E-state index contributed by atoms with van der Waals surface area (Å²) < 4.78 is 35.7. The molecule has 1 aromatic carbocycles. The number of carbonyl (C=O) groups excluding carboxylic acids is 1. The summed E-state index contributed by atoms with van der Waals surface area (Å²) in [6.45, 7) is 0.318. The molecule has 0 amide bonds. The van der Waals surface area contributed by atoms with Crippen LogP contribution in [0.2, 0.25) is 0 Å². The Kier molecular flexibility index (Phi) is 3.87. The van der Waals surface area contributed by atoms with Crippen LogP contribution in [0.15, 0.2) is 34.9 Å². The highest BCUT2D eigenvalue weighted by atomic mass is 32.2. The zero-order chi connectivity index (χ0) is 13.9. The Morgan fingerprint density at radius 1 is 1.26 bits per heavy atom. The molecule has 1 aliphatic heterocycles. The van der Waals surface area contributed by atoms with Crippen LogP contribution < -0.4 is 4.72 Å². The van der Waals surface area contributed by atoms with Crippen molar-refractivity contribution in [3.05, 3.63) is 35.5 Å². The molecule has 1 aromatic rings. The monoisotopic (exact) mass is 283 g/mol. The van der Waals surface area contributed by atoms with E-state index in [0.717, 1.165) is 0 Å². The lowest BCUT2D eigenvalue weighted by Crippen LogP contribution is -2.32. The molecule has 19 heavy (non-hydrogen) atoms.